The van der Waals surface area contributed by atoms with E-state index in [1.807, 2.05) is 18.0 Å². The number of nitrogens with one attached hydrogen (secondary N) is 2. The summed E-state index contributed by atoms with van der Waals surface area (Å²) >= 11 is 3.70. The van der Waals surface area contributed by atoms with Crippen LogP contribution in [0.5, 0.6) is 0 Å². The van der Waals surface area contributed by atoms with Crippen LogP contribution in [-0.2, 0) is 11.2 Å². The molecule has 0 radical (unpaired) electrons. The zero-order chi connectivity index (χ0) is 19.8. The summed E-state index contributed by atoms with van der Waals surface area (Å²) in [6.07, 6.45) is 6.85. The molecule has 28 heavy (non-hydrogen) atoms. The van der Waals surface area contributed by atoms with Crippen LogP contribution in [0, 0.1) is 12.8 Å². The van der Waals surface area contributed by atoms with Gasteiger partial charge in [0.15, 0.2) is 5.96 Å². The molecule has 1 aromatic rings. The summed E-state index contributed by atoms with van der Waals surface area (Å²) in [6, 6.07) is 0.404. The second-order valence-corrected chi connectivity index (χ2v) is 10.0. The Kier molecular flexibility index (Phi) is 8.45. The van der Waals surface area contributed by atoms with Gasteiger partial charge in [0.1, 0.15) is 0 Å². The third-order valence-corrected chi connectivity index (χ3v) is 7.26. The quantitative estimate of drug-likeness (QED) is 0.544. The van der Waals surface area contributed by atoms with Gasteiger partial charge in [-0.1, -0.05) is 0 Å². The molecule has 1 aliphatic heterocycles. The summed E-state index contributed by atoms with van der Waals surface area (Å²) in [5.74, 6) is 3.67. The number of aliphatic imine (C=N–C) groups is 1. The molecule has 1 aromatic heterocycles. The highest BCUT2D eigenvalue weighted by atomic mass is 32.2. The SMILES string of the molecule is CCNC(=NCCc1ncc(C)s1)NC1CCC(C(=O)N2CCSCC2)CC1. The fraction of sp³-hybridized carbons (Fsp3) is 0.750. The fourth-order valence-electron chi connectivity index (χ4n) is 3.82. The number of rotatable bonds is 6. The molecule has 1 amide bonds. The minimum Gasteiger partial charge on any atom is -0.357 e. The molecule has 2 heterocycles. The second kappa shape index (κ2) is 11.0. The molecule has 0 aromatic carbocycles. The van der Waals surface area contributed by atoms with Gasteiger partial charge in [-0.3, -0.25) is 9.79 Å². The highest BCUT2D eigenvalue weighted by Gasteiger charge is 2.30. The van der Waals surface area contributed by atoms with E-state index < -0.39 is 0 Å². The van der Waals surface area contributed by atoms with Gasteiger partial charge in [0.25, 0.3) is 0 Å². The van der Waals surface area contributed by atoms with Crippen molar-refractivity contribution in [3.63, 3.8) is 0 Å². The molecule has 0 spiro atoms. The van der Waals surface area contributed by atoms with Crippen LogP contribution in [0.2, 0.25) is 0 Å². The summed E-state index contributed by atoms with van der Waals surface area (Å²) in [7, 11) is 0. The Hall–Kier alpha value is -1.28. The molecule has 0 unspecified atom stereocenters. The van der Waals surface area contributed by atoms with E-state index in [1.165, 1.54) is 4.88 Å². The first kappa shape index (κ1) is 21.4. The Bertz CT molecular complexity index is 649. The number of thioether (sulfide) groups is 1. The molecule has 2 fully saturated rings. The van der Waals surface area contributed by atoms with E-state index in [1.54, 1.807) is 11.3 Å². The molecule has 2 N–H and O–H groups in total. The van der Waals surface area contributed by atoms with Crippen molar-refractivity contribution >= 4 is 35.0 Å². The number of carbonyl (C=O) groups is 1. The number of guanidine groups is 1. The van der Waals surface area contributed by atoms with Crippen LogP contribution < -0.4 is 10.6 Å². The summed E-state index contributed by atoms with van der Waals surface area (Å²) in [4.78, 5) is 25.2. The van der Waals surface area contributed by atoms with E-state index in [9.17, 15) is 4.79 Å². The minimum absolute atomic E-state index is 0.216. The number of nitrogens with zero attached hydrogens (tertiary/aromatic N) is 3. The van der Waals surface area contributed by atoms with Gasteiger partial charge in [-0.15, -0.1) is 11.3 Å². The van der Waals surface area contributed by atoms with Crippen LogP contribution in [0.15, 0.2) is 11.2 Å². The summed E-state index contributed by atoms with van der Waals surface area (Å²) in [5, 5.41) is 8.08. The lowest BCUT2D eigenvalue weighted by atomic mass is 9.85. The zero-order valence-electron chi connectivity index (χ0n) is 17.1. The first-order valence-electron chi connectivity index (χ1n) is 10.5. The van der Waals surface area contributed by atoms with Crippen molar-refractivity contribution in [3.8, 4) is 0 Å². The molecular weight excluding hydrogens is 390 g/mol. The van der Waals surface area contributed by atoms with Crippen LogP contribution >= 0.6 is 23.1 Å². The van der Waals surface area contributed by atoms with Crippen LogP contribution in [0.25, 0.3) is 0 Å². The van der Waals surface area contributed by atoms with Crippen molar-refractivity contribution < 1.29 is 4.79 Å². The van der Waals surface area contributed by atoms with Gasteiger partial charge < -0.3 is 15.5 Å². The fourth-order valence-corrected chi connectivity index (χ4v) is 5.50. The number of hydrogen-bond donors (Lipinski definition) is 2. The average Bonchev–Trinajstić information content (AvgIpc) is 3.14. The normalized spacial score (nSPS) is 23.5. The van der Waals surface area contributed by atoms with Gasteiger partial charge in [0.05, 0.1) is 5.01 Å². The summed E-state index contributed by atoms with van der Waals surface area (Å²) in [5.41, 5.74) is 0. The number of thiazole rings is 1. The highest BCUT2D eigenvalue weighted by Crippen LogP contribution is 2.27. The van der Waals surface area contributed by atoms with Gasteiger partial charge in [0.2, 0.25) is 5.91 Å². The van der Waals surface area contributed by atoms with Gasteiger partial charge >= 0.3 is 0 Å². The third-order valence-electron chi connectivity index (χ3n) is 5.35. The topological polar surface area (TPSA) is 69.6 Å². The first-order valence-corrected chi connectivity index (χ1v) is 12.5. The molecule has 0 atom stereocenters. The van der Waals surface area contributed by atoms with E-state index in [0.29, 0.717) is 11.9 Å². The monoisotopic (exact) mass is 423 g/mol. The molecule has 2 aliphatic rings. The Labute approximate surface area is 177 Å². The standard InChI is InChI=1S/C20H33N5OS2/c1-3-21-20(22-9-8-18-23-14-15(2)28-18)24-17-6-4-16(5-7-17)19(26)25-10-12-27-13-11-25/h14,16-17H,3-13H2,1-2H3,(H2,21,22,24). The first-order chi connectivity index (χ1) is 13.7. The molecule has 0 bridgehead atoms. The van der Waals surface area contributed by atoms with E-state index in [0.717, 1.165) is 80.8 Å². The molecular formula is C20H33N5OS2. The van der Waals surface area contributed by atoms with E-state index in [2.05, 4.69) is 34.4 Å². The predicted octanol–water partition coefficient (Wildman–Crippen LogP) is 2.68. The summed E-state index contributed by atoms with van der Waals surface area (Å²) in [6.45, 7) is 7.62. The Morgan fingerprint density at radius 3 is 2.68 bits per heavy atom. The molecule has 1 saturated heterocycles. The molecule has 1 aliphatic carbocycles. The number of hydrogen-bond acceptors (Lipinski definition) is 5. The maximum atomic E-state index is 12.7. The summed E-state index contributed by atoms with van der Waals surface area (Å²) < 4.78 is 0. The molecule has 6 nitrogen and oxygen atoms in total. The molecule has 156 valence electrons. The van der Waals surface area contributed by atoms with Crippen molar-refractivity contribution in [1.29, 1.82) is 0 Å². The van der Waals surface area contributed by atoms with E-state index in [-0.39, 0.29) is 5.92 Å². The zero-order valence-corrected chi connectivity index (χ0v) is 18.7. The van der Waals surface area contributed by atoms with Crippen LogP contribution in [0.4, 0.5) is 0 Å². The number of aromatic nitrogens is 1. The van der Waals surface area contributed by atoms with E-state index >= 15 is 0 Å². The molecule has 8 heteroatoms. The van der Waals surface area contributed by atoms with Crippen LogP contribution in [0.3, 0.4) is 0 Å². The van der Waals surface area contributed by atoms with Gasteiger partial charge in [-0.25, -0.2) is 4.98 Å². The Balaban J connectivity index is 1.44. The van der Waals surface area contributed by atoms with Crippen molar-refractivity contribution in [2.45, 2.75) is 52.0 Å². The number of amides is 1. The lowest BCUT2D eigenvalue weighted by Gasteiger charge is -2.34. The predicted molar refractivity (Wildman–Crippen MR) is 119 cm³/mol. The van der Waals surface area contributed by atoms with Crippen molar-refractivity contribution in [1.82, 2.24) is 20.5 Å². The maximum Gasteiger partial charge on any atom is 0.225 e. The average molecular weight is 424 g/mol. The van der Waals surface area contributed by atoms with Gasteiger partial charge in [-0.05, 0) is 39.5 Å². The highest BCUT2D eigenvalue weighted by molar-refractivity contribution is 7.99. The van der Waals surface area contributed by atoms with Gasteiger partial charge in [0, 0.05) is 67.1 Å². The Morgan fingerprint density at radius 2 is 2.04 bits per heavy atom. The van der Waals surface area contributed by atoms with Gasteiger partial charge in [-0.2, -0.15) is 11.8 Å². The lowest BCUT2D eigenvalue weighted by molar-refractivity contribution is -0.136. The van der Waals surface area contributed by atoms with Crippen LogP contribution in [-0.4, -0.2) is 65.5 Å². The van der Waals surface area contributed by atoms with Crippen LogP contribution in [0.1, 0.15) is 42.5 Å². The largest absolute Gasteiger partial charge is 0.357 e. The lowest BCUT2D eigenvalue weighted by Crippen LogP contribution is -2.47. The van der Waals surface area contributed by atoms with Crippen molar-refractivity contribution in [2.75, 3.05) is 37.7 Å². The number of aryl methyl sites for hydroxylation is 1. The maximum absolute atomic E-state index is 12.7. The van der Waals surface area contributed by atoms with Crippen molar-refractivity contribution in [2.24, 2.45) is 10.9 Å². The number of carbonyl (C=O) groups excluding carboxylic acids is 1. The minimum atomic E-state index is 0.216. The second-order valence-electron chi connectivity index (χ2n) is 7.51. The molecule has 1 saturated carbocycles. The Morgan fingerprint density at radius 1 is 1.29 bits per heavy atom. The third kappa shape index (κ3) is 6.37. The van der Waals surface area contributed by atoms with E-state index in [4.69, 9.17) is 4.99 Å². The van der Waals surface area contributed by atoms with Crippen molar-refractivity contribution in [3.05, 3.63) is 16.1 Å². The molecule has 3 rings (SSSR count). The smallest absolute Gasteiger partial charge is 0.225 e.